The van der Waals surface area contributed by atoms with Crippen molar-refractivity contribution in [2.45, 2.75) is 6.42 Å². The summed E-state index contributed by atoms with van der Waals surface area (Å²) in [6.07, 6.45) is -0.437. The van der Waals surface area contributed by atoms with Crippen molar-refractivity contribution < 1.29 is 19.4 Å². The Morgan fingerprint density at radius 3 is 2.67 bits per heavy atom. The van der Waals surface area contributed by atoms with Crippen LogP contribution in [-0.4, -0.2) is 23.7 Å². The Morgan fingerprint density at radius 1 is 1.39 bits per heavy atom. The summed E-state index contributed by atoms with van der Waals surface area (Å²) < 4.78 is 5.87. The molecule has 0 spiro atoms. The summed E-state index contributed by atoms with van der Waals surface area (Å²) in [5, 5.41) is 11.0. The number of carbonyl (C=O) groups excluding carboxylic acids is 1. The fourth-order valence-electron chi connectivity index (χ4n) is 1.09. The van der Waals surface area contributed by atoms with Crippen LogP contribution in [0.1, 0.15) is 6.42 Å². The molecule has 0 saturated heterocycles. The molecular weight excluding hydrogens is 349 g/mol. The molecule has 2 N–H and O–H groups in total. The van der Waals surface area contributed by atoms with Crippen LogP contribution < -0.4 is 10.1 Å². The second kappa shape index (κ2) is 7.00. The second-order valence-corrected chi connectivity index (χ2v) is 4.57. The molecule has 0 aromatic heterocycles. The molecule has 0 aliphatic heterocycles. The number of nitrogens with one attached hydrogen (secondary N) is 1. The summed E-state index contributed by atoms with van der Waals surface area (Å²) in [4.78, 5) is 21.9. The fourth-order valence-corrected chi connectivity index (χ4v) is 1.58. The quantitative estimate of drug-likeness (QED) is 0.624. The van der Waals surface area contributed by atoms with Gasteiger partial charge in [-0.2, -0.15) is 0 Å². The van der Waals surface area contributed by atoms with Gasteiger partial charge in [0.15, 0.2) is 0 Å². The molecule has 1 rings (SSSR count). The summed E-state index contributed by atoms with van der Waals surface area (Å²) in [7, 11) is 0. The van der Waals surface area contributed by atoms with Gasteiger partial charge in [0, 0.05) is 12.1 Å². The SMILES string of the molecule is C=C(CCNC(=O)Oc1ccccc1I)C(=O)O. The Balaban J connectivity index is 2.37. The van der Waals surface area contributed by atoms with Gasteiger partial charge < -0.3 is 15.2 Å². The van der Waals surface area contributed by atoms with Crippen LogP contribution in [0.25, 0.3) is 0 Å². The highest BCUT2D eigenvalue weighted by Gasteiger charge is 2.08. The minimum Gasteiger partial charge on any atom is -0.478 e. The Kier molecular flexibility index (Phi) is 5.63. The van der Waals surface area contributed by atoms with Gasteiger partial charge in [0.05, 0.1) is 3.57 Å². The highest BCUT2D eigenvalue weighted by molar-refractivity contribution is 14.1. The van der Waals surface area contributed by atoms with Crippen molar-refractivity contribution in [3.05, 3.63) is 40.0 Å². The highest BCUT2D eigenvalue weighted by atomic mass is 127. The number of rotatable bonds is 5. The lowest BCUT2D eigenvalue weighted by Crippen LogP contribution is -2.28. The van der Waals surface area contributed by atoms with Crippen LogP contribution >= 0.6 is 22.6 Å². The van der Waals surface area contributed by atoms with Gasteiger partial charge in [-0.15, -0.1) is 0 Å². The summed E-state index contributed by atoms with van der Waals surface area (Å²) in [6.45, 7) is 3.53. The maximum Gasteiger partial charge on any atom is 0.412 e. The number of amides is 1. The third-order valence-electron chi connectivity index (χ3n) is 2.04. The van der Waals surface area contributed by atoms with Crippen LogP contribution in [0.3, 0.4) is 0 Å². The van der Waals surface area contributed by atoms with Gasteiger partial charge in [0.2, 0.25) is 0 Å². The smallest absolute Gasteiger partial charge is 0.412 e. The number of aliphatic carboxylic acids is 1. The normalized spacial score (nSPS) is 9.61. The Bertz CT molecular complexity index is 473. The van der Waals surface area contributed by atoms with Crippen LogP contribution in [0.15, 0.2) is 36.4 Å². The molecule has 0 heterocycles. The van der Waals surface area contributed by atoms with Crippen LogP contribution in [0.4, 0.5) is 4.79 Å². The third kappa shape index (κ3) is 4.74. The molecule has 0 fully saturated rings. The van der Waals surface area contributed by atoms with Gasteiger partial charge in [-0.3, -0.25) is 0 Å². The lowest BCUT2D eigenvalue weighted by atomic mass is 10.2. The van der Waals surface area contributed by atoms with Crippen molar-refractivity contribution >= 4 is 34.7 Å². The monoisotopic (exact) mass is 361 g/mol. The summed E-state index contributed by atoms with van der Waals surface area (Å²) in [6, 6.07) is 7.09. The first-order valence-corrected chi connectivity index (χ1v) is 6.20. The number of ether oxygens (including phenoxy) is 1. The molecule has 0 aliphatic carbocycles. The molecule has 0 aliphatic rings. The standard InChI is InChI=1S/C12H12INO4/c1-8(11(15)16)6-7-14-12(17)18-10-5-3-2-4-9(10)13/h2-5H,1,6-7H2,(H,14,17)(H,15,16). The average molecular weight is 361 g/mol. The Morgan fingerprint density at radius 2 is 2.06 bits per heavy atom. The van der Waals surface area contributed by atoms with E-state index in [1.165, 1.54) is 0 Å². The topological polar surface area (TPSA) is 75.6 Å². The number of carboxylic acid groups (broad SMARTS) is 1. The average Bonchev–Trinajstić information content (AvgIpc) is 2.32. The molecule has 1 amide bonds. The molecule has 18 heavy (non-hydrogen) atoms. The van der Waals surface area contributed by atoms with E-state index in [1.54, 1.807) is 12.1 Å². The van der Waals surface area contributed by atoms with Gasteiger partial charge in [-0.05, 0) is 41.1 Å². The summed E-state index contributed by atoms with van der Waals surface area (Å²) in [5.74, 6) is -0.601. The number of hydrogen-bond acceptors (Lipinski definition) is 3. The largest absolute Gasteiger partial charge is 0.478 e. The molecule has 0 saturated carbocycles. The second-order valence-electron chi connectivity index (χ2n) is 3.41. The van der Waals surface area contributed by atoms with Crippen LogP contribution in [0.2, 0.25) is 0 Å². The molecule has 1 aromatic rings. The zero-order valence-electron chi connectivity index (χ0n) is 9.48. The van der Waals surface area contributed by atoms with E-state index in [-0.39, 0.29) is 18.5 Å². The van der Waals surface area contributed by atoms with E-state index in [9.17, 15) is 9.59 Å². The van der Waals surface area contributed by atoms with Gasteiger partial charge in [0.25, 0.3) is 0 Å². The first-order chi connectivity index (χ1) is 8.50. The number of carboxylic acids is 1. The Hall–Kier alpha value is -1.57. The van der Waals surface area contributed by atoms with Gasteiger partial charge in [-0.1, -0.05) is 18.7 Å². The summed E-state index contributed by atoms with van der Waals surface area (Å²) in [5.41, 5.74) is 0.0459. The molecule has 0 unspecified atom stereocenters. The lowest BCUT2D eigenvalue weighted by molar-refractivity contribution is -0.132. The predicted molar refractivity (Wildman–Crippen MR) is 74.6 cm³/mol. The van der Waals surface area contributed by atoms with E-state index < -0.39 is 12.1 Å². The predicted octanol–water partition coefficient (Wildman–Crippen LogP) is 2.41. The zero-order valence-corrected chi connectivity index (χ0v) is 11.6. The van der Waals surface area contributed by atoms with Gasteiger partial charge >= 0.3 is 12.1 Å². The van der Waals surface area contributed by atoms with Crippen molar-refractivity contribution in [1.82, 2.24) is 5.32 Å². The van der Waals surface area contributed by atoms with Gasteiger partial charge in [0.1, 0.15) is 5.75 Å². The molecule has 96 valence electrons. The Labute approximate surface area is 118 Å². The van der Waals surface area contributed by atoms with Crippen molar-refractivity contribution in [2.24, 2.45) is 0 Å². The first-order valence-electron chi connectivity index (χ1n) is 5.12. The van der Waals surface area contributed by atoms with E-state index in [0.29, 0.717) is 5.75 Å². The minimum atomic E-state index is -1.07. The summed E-state index contributed by atoms with van der Waals surface area (Å²) >= 11 is 2.05. The number of hydrogen-bond donors (Lipinski definition) is 2. The molecule has 6 heteroatoms. The van der Waals surface area contributed by atoms with Crippen molar-refractivity contribution in [3.8, 4) is 5.75 Å². The fraction of sp³-hybridized carbons (Fsp3) is 0.167. The van der Waals surface area contributed by atoms with Crippen molar-refractivity contribution in [2.75, 3.05) is 6.54 Å². The molecule has 0 atom stereocenters. The maximum atomic E-state index is 11.4. The number of halogens is 1. The van der Waals surface area contributed by atoms with E-state index in [0.717, 1.165) is 3.57 Å². The molecular formula is C12H12INO4. The minimum absolute atomic E-state index is 0.0459. The van der Waals surface area contributed by atoms with E-state index in [1.807, 2.05) is 12.1 Å². The number of benzene rings is 1. The van der Waals surface area contributed by atoms with Crippen LogP contribution in [0, 0.1) is 3.57 Å². The number of para-hydroxylation sites is 1. The third-order valence-corrected chi connectivity index (χ3v) is 2.93. The van der Waals surface area contributed by atoms with Crippen molar-refractivity contribution in [1.29, 1.82) is 0 Å². The van der Waals surface area contributed by atoms with E-state index >= 15 is 0 Å². The molecule has 5 nitrogen and oxygen atoms in total. The number of carbonyl (C=O) groups is 2. The highest BCUT2D eigenvalue weighted by Crippen LogP contribution is 2.19. The zero-order chi connectivity index (χ0) is 13.5. The van der Waals surface area contributed by atoms with Crippen LogP contribution in [-0.2, 0) is 4.79 Å². The van der Waals surface area contributed by atoms with Crippen LogP contribution in [0.5, 0.6) is 5.75 Å². The van der Waals surface area contributed by atoms with Crippen molar-refractivity contribution in [3.63, 3.8) is 0 Å². The van der Waals surface area contributed by atoms with Gasteiger partial charge in [-0.25, -0.2) is 9.59 Å². The lowest BCUT2D eigenvalue weighted by Gasteiger charge is -2.07. The molecule has 0 radical (unpaired) electrons. The van der Waals surface area contributed by atoms with E-state index in [2.05, 4.69) is 34.5 Å². The molecule has 1 aromatic carbocycles. The maximum absolute atomic E-state index is 11.4. The first kappa shape index (κ1) is 14.5. The molecule has 0 bridgehead atoms. The van der Waals surface area contributed by atoms with E-state index in [4.69, 9.17) is 9.84 Å².